The van der Waals surface area contributed by atoms with E-state index in [4.69, 9.17) is 4.74 Å². The van der Waals surface area contributed by atoms with Crippen molar-refractivity contribution in [2.24, 2.45) is 0 Å². The Balaban J connectivity index is 1.97. The number of carbonyl (C=O) groups is 1. The van der Waals surface area contributed by atoms with Gasteiger partial charge >= 0.3 is 5.97 Å². The predicted molar refractivity (Wildman–Crippen MR) is 75.8 cm³/mol. The number of sulfone groups is 1. The zero-order valence-corrected chi connectivity index (χ0v) is 12.1. The predicted octanol–water partition coefficient (Wildman–Crippen LogP) is 0.845. The van der Waals surface area contributed by atoms with Crippen LogP contribution in [0.3, 0.4) is 0 Å². The number of hydrogen-bond acceptors (Lipinski definition) is 5. The number of rotatable bonds is 3. The molecule has 1 aromatic carbocycles. The quantitative estimate of drug-likeness (QED) is 0.891. The number of morpholine rings is 1. The Morgan fingerprint density at radius 3 is 2.67 bits per heavy atom. The van der Waals surface area contributed by atoms with Crippen LogP contribution in [0.15, 0.2) is 28.0 Å². The van der Waals surface area contributed by atoms with Gasteiger partial charge in [-0.05, 0) is 18.2 Å². The topological polar surface area (TPSA) is 83.9 Å². The Morgan fingerprint density at radius 1 is 1.29 bits per heavy atom. The van der Waals surface area contributed by atoms with Crippen molar-refractivity contribution >= 4 is 21.9 Å². The number of nitrogens with zero attached hydrogens (tertiary/aromatic N) is 1. The van der Waals surface area contributed by atoms with Gasteiger partial charge in [0.25, 0.3) is 0 Å². The number of fused-ring (bicyclic) bond motifs is 1. The van der Waals surface area contributed by atoms with Crippen LogP contribution in [-0.2, 0) is 14.6 Å². The number of carboxylic acid groups (broad SMARTS) is 1. The van der Waals surface area contributed by atoms with Crippen LogP contribution in [0.4, 0.5) is 0 Å². The third kappa shape index (κ3) is 2.48. The third-order valence-electron chi connectivity index (χ3n) is 3.72. The molecule has 1 saturated heterocycles. The van der Waals surface area contributed by atoms with E-state index in [1.807, 2.05) is 4.90 Å². The van der Waals surface area contributed by atoms with E-state index < -0.39 is 15.8 Å². The van der Waals surface area contributed by atoms with Crippen LogP contribution in [0.1, 0.15) is 15.9 Å². The molecule has 0 amide bonds. The Bertz CT molecular complexity index is 717. The number of carboxylic acids is 1. The Kier molecular flexibility index (Phi) is 3.56. The molecule has 7 heteroatoms. The minimum Gasteiger partial charge on any atom is -0.478 e. The van der Waals surface area contributed by atoms with Gasteiger partial charge in [-0.2, -0.15) is 0 Å². The summed E-state index contributed by atoms with van der Waals surface area (Å²) >= 11 is 0. The molecule has 2 aliphatic heterocycles. The molecule has 0 saturated carbocycles. The molecule has 1 fully saturated rings. The third-order valence-corrected chi connectivity index (χ3v) is 5.59. The molecule has 112 valence electrons. The second-order valence-electron chi connectivity index (χ2n) is 5.03. The van der Waals surface area contributed by atoms with Gasteiger partial charge in [-0.3, -0.25) is 4.90 Å². The van der Waals surface area contributed by atoms with Gasteiger partial charge in [-0.25, -0.2) is 13.2 Å². The fourth-order valence-electron chi connectivity index (χ4n) is 2.60. The maximum Gasteiger partial charge on any atom is 0.336 e. The molecule has 0 bridgehead atoms. The van der Waals surface area contributed by atoms with E-state index >= 15 is 0 Å². The Hall–Kier alpha value is -1.70. The zero-order chi connectivity index (χ0) is 15.0. The van der Waals surface area contributed by atoms with Crippen LogP contribution in [-0.4, -0.2) is 57.2 Å². The van der Waals surface area contributed by atoms with E-state index in [2.05, 4.69) is 0 Å². The van der Waals surface area contributed by atoms with Gasteiger partial charge in [-0.15, -0.1) is 0 Å². The summed E-state index contributed by atoms with van der Waals surface area (Å²) in [6, 6.07) is 4.34. The monoisotopic (exact) mass is 309 g/mol. The van der Waals surface area contributed by atoms with E-state index in [-0.39, 0.29) is 20.9 Å². The molecule has 0 radical (unpaired) electrons. The fourth-order valence-corrected chi connectivity index (χ4v) is 4.23. The summed E-state index contributed by atoms with van der Waals surface area (Å²) in [5, 5.41) is 9.18. The molecule has 21 heavy (non-hydrogen) atoms. The number of benzene rings is 1. The number of ether oxygens (including phenoxy) is 1. The summed E-state index contributed by atoms with van der Waals surface area (Å²) in [4.78, 5) is 13.6. The number of hydrogen-bond donors (Lipinski definition) is 1. The molecule has 2 heterocycles. The van der Waals surface area contributed by atoms with Crippen LogP contribution < -0.4 is 0 Å². The normalized spacial score (nSPS) is 20.9. The van der Waals surface area contributed by atoms with E-state index in [0.29, 0.717) is 32.8 Å². The summed E-state index contributed by atoms with van der Waals surface area (Å²) in [5.74, 6) is -1.12. The first kappa shape index (κ1) is 14.2. The van der Waals surface area contributed by atoms with Crippen molar-refractivity contribution in [3.63, 3.8) is 0 Å². The van der Waals surface area contributed by atoms with Gasteiger partial charge in [0.05, 0.1) is 28.6 Å². The van der Waals surface area contributed by atoms with E-state index in [1.54, 1.807) is 0 Å². The molecule has 0 unspecified atom stereocenters. The first-order chi connectivity index (χ1) is 10.00. The van der Waals surface area contributed by atoms with Gasteiger partial charge in [0.1, 0.15) is 0 Å². The summed E-state index contributed by atoms with van der Waals surface area (Å²) in [6.07, 6.45) is 1.49. The molecule has 1 aromatic rings. The molecular formula is C14H15NO5S. The first-order valence-electron chi connectivity index (χ1n) is 6.62. The second kappa shape index (κ2) is 5.25. The Morgan fingerprint density at radius 2 is 2.00 bits per heavy atom. The van der Waals surface area contributed by atoms with Crippen molar-refractivity contribution in [1.29, 1.82) is 0 Å². The molecular weight excluding hydrogens is 294 g/mol. The minimum absolute atomic E-state index is 0.0213. The van der Waals surface area contributed by atoms with Crippen LogP contribution >= 0.6 is 0 Å². The van der Waals surface area contributed by atoms with Crippen LogP contribution in [0.2, 0.25) is 0 Å². The highest BCUT2D eigenvalue weighted by atomic mass is 32.2. The lowest BCUT2D eigenvalue weighted by molar-refractivity contribution is 0.0430. The van der Waals surface area contributed by atoms with Crippen LogP contribution in [0.25, 0.3) is 6.08 Å². The van der Waals surface area contributed by atoms with Crippen molar-refractivity contribution < 1.29 is 23.1 Å². The van der Waals surface area contributed by atoms with Crippen LogP contribution in [0, 0.1) is 0 Å². The molecule has 0 spiro atoms. The molecule has 3 rings (SSSR count). The Labute approximate surface area is 122 Å². The lowest BCUT2D eigenvalue weighted by Gasteiger charge is -2.26. The number of aromatic carboxylic acids is 1. The summed E-state index contributed by atoms with van der Waals surface area (Å²) in [7, 11) is -3.59. The minimum atomic E-state index is -3.59. The van der Waals surface area contributed by atoms with Crippen molar-refractivity contribution in [1.82, 2.24) is 4.90 Å². The highest BCUT2D eigenvalue weighted by molar-refractivity contribution is 7.95. The van der Waals surface area contributed by atoms with E-state index in [0.717, 1.165) is 0 Å². The van der Waals surface area contributed by atoms with E-state index in [9.17, 15) is 18.3 Å². The highest BCUT2D eigenvalue weighted by Crippen LogP contribution is 2.35. The van der Waals surface area contributed by atoms with Crippen molar-refractivity contribution in [3.05, 3.63) is 34.2 Å². The molecule has 2 aliphatic rings. The van der Waals surface area contributed by atoms with Gasteiger partial charge in [0.15, 0.2) is 0 Å². The molecule has 0 aliphatic carbocycles. The SMILES string of the molecule is O=C(O)c1cccc2c1C=C(CN1CCOCC1)S2(=O)=O. The van der Waals surface area contributed by atoms with Crippen molar-refractivity contribution in [3.8, 4) is 0 Å². The summed E-state index contributed by atoms with van der Waals surface area (Å²) in [6.45, 7) is 2.81. The first-order valence-corrected chi connectivity index (χ1v) is 8.10. The highest BCUT2D eigenvalue weighted by Gasteiger charge is 2.33. The van der Waals surface area contributed by atoms with Crippen LogP contribution in [0.5, 0.6) is 0 Å². The summed E-state index contributed by atoms with van der Waals surface area (Å²) in [5.41, 5.74) is 0.307. The lowest BCUT2D eigenvalue weighted by atomic mass is 10.1. The van der Waals surface area contributed by atoms with Gasteiger partial charge in [0, 0.05) is 25.2 Å². The molecule has 0 atom stereocenters. The molecule has 0 aromatic heterocycles. The standard InChI is InChI=1S/C14H15NO5S/c16-14(17)11-2-1-3-13-12(11)8-10(21(13,18)19)9-15-4-6-20-7-5-15/h1-3,8H,4-7,9H2,(H,16,17). The maximum absolute atomic E-state index is 12.5. The second-order valence-corrected chi connectivity index (χ2v) is 7.00. The molecule has 6 nitrogen and oxygen atoms in total. The summed E-state index contributed by atoms with van der Waals surface area (Å²) < 4.78 is 30.3. The van der Waals surface area contributed by atoms with Crippen molar-refractivity contribution in [2.75, 3.05) is 32.8 Å². The van der Waals surface area contributed by atoms with Gasteiger partial charge < -0.3 is 9.84 Å². The van der Waals surface area contributed by atoms with E-state index in [1.165, 1.54) is 24.3 Å². The largest absolute Gasteiger partial charge is 0.478 e. The fraction of sp³-hybridized carbons (Fsp3) is 0.357. The maximum atomic E-state index is 12.5. The zero-order valence-electron chi connectivity index (χ0n) is 11.3. The average molecular weight is 309 g/mol. The average Bonchev–Trinajstić information content (AvgIpc) is 2.71. The van der Waals surface area contributed by atoms with Gasteiger partial charge in [-0.1, -0.05) is 6.07 Å². The lowest BCUT2D eigenvalue weighted by Crippen LogP contribution is -2.38. The smallest absolute Gasteiger partial charge is 0.336 e. The molecule has 1 N–H and O–H groups in total. The van der Waals surface area contributed by atoms with Gasteiger partial charge in [0.2, 0.25) is 9.84 Å². The van der Waals surface area contributed by atoms with Crippen molar-refractivity contribution in [2.45, 2.75) is 4.90 Å².